The van der Waals surface area contributed by atoms with E-state index in [-0.39, 0.29) is 5.78 Å². The first-order valence-electron chi connectivity index (χ1n) is 6.48. The number of benzene rings is 2. The van der Waals surface area contributed by atoms with Crippen LogP contribution in [0.2, 0.25) is 5.02 Å². The highest BCUT2D eigenvalue weighted by atomic mass is 35.5. The zero-order chi connectivity index (χ0) is 15.2. The topological polar surface area (TPSA) is 38.3 Å². The van der Waals surface area contributed by atoms with Gasteiger partial charge in [0, 0.05) is 28.5 Å². The highest BCUT2D eigenvalue weighted by Gasteiger charge is 2.03. The summed E-state index contributed by atoms with van der Waals surface area (Å²) in [5, 5.41) is 3.75. The maximum absolute atomic E-state index is 12.0. The number of carbonyl (C=O) groups is 1. The highest BCUT2D eigenvalue weighted by molar-refractivity contribution is 6.31. The molecule has 0 unspecified atom stereocenters. The number of hydrogen-bond acceptors (Lipinski definition) is 3. The molecule has 21 heavy (non-hydrogen) atoms. The number of ether oxygens (including phenoxy) is 1. The lowest BCUT2D eigenvalue weighted by molar-refractivity contribution is 0.104. The van der Waals surface area contributed by atoms with Crippen molar-refractivity contribution in [2.24, 2.45) is 0 Å². The summed E-state index contributed by atoms with van der Waals surface area (Å²) >= 11 is 6.04. The van der Waals surface area contributed by atoms with Gasteiger partial charge in [-0.05, 0) is 36.8 Å². The minimum atomic E-state index is -0.0962. The Labute approximate surface area is 129 Å². The van der Waals surface area contributed by atoms with Crippen molar-refractivity contribution >= 4 is 23.1 Å². The number of nitrogens with one attached hydrogen (secondary N) is 1. The molecule has 0 bridgehead atoms. The number of hydrogen-bond donors (Lipinski definition) is 1. The van der Waals surface area contributed by atoms with Crippen LogP contribution in [0.4, 0.5) is 5.69 Å². The molecule has 0 heterocycles. The number of halogens is 1. The molecular weight excluding hydrogens is 286 g/mol. The van der Waals surface area contributed by atoms with Gasteiger partial charge >= 0.3 is 0 Å². The van der Waals surface area contributed by atoms with E-state index in [0.717, 1.165) is 11.3 Å². The average molecular weight is 302 g/mol. The largest absolute Gasteiger partial charge is 0.497 e. The second kappa shape index (κ2) is 6.95. The third kappa shape index (κ3) is 3.86. The smallest absolute Gasteiger partial charge is 0.187 e. The number of ketones is 1. The lowest BCUT2D eigenvalue weighted by Crippen LogP contribution is -1.97. The van der Waals surface area contributed by atoms with E-state index in [1.54, 1.807) is 37.6 Å². The summed E-state index contributed by atoms with van der Waals surface area (Å²) in [6.45, 7) is 1.92. The standard InChI is InChI=1S/C17H16ClNO2/c1-12-15(18)7-4-8-16(12)19-10-9-17(20)13-5-3-6-14(11-13)21-2/h3-11,19H,1-2H3/b10-9+. The average Bonchev–Trinajstić information content (AvgIpc) is 2.51. The Hall–Kier alpha value is -2.26. The van der Waals surface area contributed by atoms with E-state index in [4.69, 9.17) is 16.3 Å². The van der Waals surface area contributed by atoms with Gasteiger partial charge in [0.15, 0.2) is 5.78 Å². The van der Waals surface area contributed by atoms with Gasteiger partial charge in [-0.15, -0.1) is 0 Å². The number of allylic oxidation sites excluding steroid dienone is 1. The molecule has 2 rings (SSSR count). The van der Waals surface area contributed by atoms with E-state index in [1.165, 1.54) is 6.08 Å². The fourth-order valence-corrected chi connectivity index (χ4v) is 2.02. The van der Waals surface area contributed by atoms with Crippen LogP contribution in [0.3, 0.4) is 0 Å². The van der Waals surface area contributed by atoms with Gasteiger partial charge in [-0.2, -0.15) is 0 Å². The highest BCUT2D eigenvalue weighted by Crippen LogP contribution is 2.22. The van der Waals surface area contributed by atoms with Gasteiger partial charge < -0.3 is 10.1 Å². The van der Waals surface area contributed by atoms with Crippen molar-refractivity contribution in [3.63, 3.8) is 0 Å². The Morgan fingerprint density at radius 3 is 2.76 bits per heavy atom. The molecule has 108 valence electrons. The zero-order valence-electron chi connectivity index (χ0n) is 11.9. The van der Waals surface area contributed by atoms with Gasteiger partial charge in [0.25, 0.3) is 0 Å². The number of rotatable bonds is 5. The molecule has 0 spiro atoms. The molecule has 4 heteroatoms. The number of carbonyl (C=O) groups excluding carboxylic acids is 1. The molecule has 0 aliphatic carbocycles. The number of methoxy groups -OCH3 is 1. The fourth-order valence-electron chi connectivity index (χ4n) is 1.84. The van der Waals surface area contributed by atoms with Crippen LogP contribution < -0.4 is 10.1 Å². The van der Waals surface area contributed by atoms with Crippen LogP contribution in [0.5, 0.6) is 5.75 Å². The van der Waals surface area contributed by atoms with Gasteiger partial charge in [-0.1, -0.05) is 29.8 Å². The van der Waals surface area contributed by atoms with E-state index < -0.39 is 0 Å². The van der Waals surface area contributed by atoms with Crippen LogP contribution in [-0.2, 0) is 0 Å². The summed E-state index contributed by atoms with van der Waals surface area (Å²) in [6, 6.07) is 12.6. The Balaban J connectivity index is 2.07. The van der Waals surface area contributed by atoms with Crippen molar-refractivity contribution in [1.82, 2.24) is 0 Å². The first-order valence-corrected chi connectivity index (χ1v) is 6.86. The summed E-state index contributed by atoms with van der Waals surface area (Å²) in [7, 11) is 1.57. The van der Waals surface area contributed by atoms with E-state index in [9.17, 15) is 4.79 Å². The minimum absolute atomic E-state index is 0.0962. The SMILES string of the molecule is COc1cccc(C(=O)/C=C/Nc2cccc(Cl)c2C)c1. The molecule has 1 N–H and O–H groups in total. The van der Waals surface area contributed by atoms with E-state index in [0.29, 0.717) is 16.3 Å². The van der Waals surface area contributed by atoms with Gasteiger partial charge in [0.05, 0.1) is 7.11 Å². The zero-order valence-corrected chi connectivity index (χ0v) is 12.6. The Morgan fingerprint density at radius 1 is 1.24 bits per heavy atom. The Morgan fingerprint density at radius 2 is 2.00 bits per heavy atom. The minimum Gasteiger partial charge on any atom is -0.497 e. The summed E-state index contributed by atoms with van der Waals surface area (Å²) in [6.07, 6.45) is 3.09. The normalized spacial score (nSPS) is 10.6. The van der Waals surface area contributed by atoms with Crippen LogP contribution in [0.1, 0.15) is 15.9 Å². The summed E-state index contributed by atoms with van der Waals surface area (Å²) in [5.74, 6) is 0.564. The molecule has 0 aliphatic heterocycles. The van der Waals surface area contributed by atoms with E-state index in [1.807, 2.05) is 25.1 Å². The quantitative estimate of drug-likeness (QED) is 0.654. The van der Waals surface area contributed by atoms with Crippen molar-refractivity contribution < 1.29 is 9.53 Å². The van der Waals surface area contributed by atoms with Crippen LogP contribution in [0, 0.1) is 6.92 Å². The maximum Gasteiger partial charge on any atom is 0.187 e. The lowest BCUT2D eigenvalue weighted by Gasteiger charge is -2.06. The third-order valence-electron chi connectivity index (χ3n) is 3.10. The van der Waals surface area contributed by atoms with Crippen molar-refractivity contribution in [3.05, 3.63) is 70.9 Å². The summed E-state index contributed by atoms with van der Waals surface area (Å²) < 4.78 is 5.10. The van der Waals surface area contributed by atoms with Crippen LogP contribution in [-0.4, -0.2) is 12.9 Å². The van der Waals surface area contributed by atoms with Gasteiger partial charge in [0.1, 0.15) is 5.75 Å². The monoisotopic (exact) mass is 301 g/mol. The van der Waals surface area contributed by atoms with Crippen LogP contribution >= 0.6 is 11.6 Å². The first kappa shape index (κ1) is 15.1. The molecule has 2 aromatic rings. The second-order valence-corrected chi connectivity index (χ2v) is 4.89. The van der Waals surface area contributed by atoms with Gasteiger partial charge in [0.2, 0.25) is 0 Å². The summed E-state index contributed by atoms with van der Waals surface area (Å²) in [5.41, 5.74) is 2.39. The Bertz CT molecular complexity index is 680. The predicted molar refractivity (Wildman–Crippen MR) is 86.3 cm³/mol. The molecule has 0 aliphatic rings. The first-order chi connectivity index (χ1) is 10.1. The van der Waals surface area contributed by atoms with E-state index in [2.05, 4.69) is 5.32 Å². The maximum atomic E-state index is 12.0. The van der Waals surface area contributed by atoms with Crippen molar-refractivity contribution in [3.8, 4) is 5.75 Å². The van der Waals surface area contributed by atoms with E-state index >= 15 is 0 Å². The predicted octanol–water partition coefficient (Wildman–Crippen LogP) is 4.47. The van der Waals surface area contributed by atoms with Crippen molar-refractivity contribution in [2.75, 3.05) is 12.4 Å². The van der Waals surface area contributed by atoms with Gasteiger partial charge in [-0.25, -0.2) is 0 Å². The molecule has 0 amide bonds. The number of anilines is 1. The molecular formula is C17H16ClNO2. The molecule has 0 aromatic heterocycles. The fraction of sp³-hybridized carbons (Fsp3) is 0.118. The second-order valence-electron chi connectivity index (χ2n) is 4.49. The lowest BCUT2D eigenvalue weighted by atomic mass is 10.1. The summed E-state index contributed by atoms with van der Waals surface area (Å²) in [4.78, 5) is 12.0. The van der Waals surface area contributed by atoms with Crippen LogP contribution in [0.25, 0.3) is 0 Å². The molecule has 2 aromatic carbocycles. The molecule has 0 atom stereocenters. The molecule has 0 fully saturated rings. The van der Waals surface area contributed by atoms with Crippen molar-refractivity contribution in [2.45, 2.75) is 6.92 Å². The Kier molecular flexibility index (Phi) is 5.01. The molecule has 0 radical (unpaired) electrons. The third-order valence-corrected chi connectivity index (χ3v) is 3.50. The molecule has 0 saturated carbocycles. The molecule has 3 nitrogen and oxygen atoms in total. The molecule has 0 saturated heterocycles. The van der Waals surface area contributed by atoms with Crippen molar-refractivity contribution in [1.29, 1.82) is 0 Å². The van der Waals surface area contributed by atoms with Gasteiger partial charge in [-0.3, -0.25) is 4.79 Å². The van der Waals surface area contributed by atoms with Crippen LogP contribution in [0.15, 0.2) is 54.7 Å².